The summed E-state index contributed by atoms with van der Waals surface area (Å²) >= 11 is 0. The molecule has 4 rings (SSSR count). The molecular formula is C30H31FN4O4. The van der Waals surface area contributed by atoms with Crippen molar-refractivity contribution in [3.8, 4) is 16.9 Å². The maximum atomic E-state index is 13.1. The number of halogens is 1. The Labute approximate surface area is 226 Å². The summed E-state index contributed by atoms with van der Waals surface area (Å²) in [4.78, 5) is 25.6. The van der Waals surface area contributed by atoms with Crippen LogP contribution in [-0.2, 0) is 17.9 Å². The van der Waals surface area contributed by atoms with Gasteiger partial charge in [-0.1, -0.05) is 72.8 Å². The fourth-order valence-corrected chi connectivity index (χ4v) is 3.61. The lowest BCUT2D eigenvalue weighted by molar-refractivity contribution is -0.668. The minimum atomic E-state index is -1.46. The van der Waals surface area contributed by atoms with Crippen LogP contribution in [-0.4, -0.2) is 41.6 Å². The second-order valence-electron chi connectivity index (χ2n) is 8.59. The van der Waals surface area contributed by atoms with Gasteiger partial charge in [-0.3, -0.25) is 4.79 Å². The summed E-state index contributed by atoms with van der Waals surface area (Å²) in [5, 5.41) is 27.8. The summed E-state index contributed by atoms with van der Waals surface area (Å²) < 4.78 is 13.1. The van der Waals surface area contributed by atoms with Gasteiger partial charge < -0.3 is 31.0 Å². The number of quaternary nitrogens is 1. The lowest BCUT2D eigenvalue weighted by atomic mass is 10.1. The van der Waals surface area contributed by atoms with E-state index in [-0.39, 0.29) is 5.69 Å². The zero-order chi connectivity index (χ0) is 27.9. The number of nitrogens with one attached hydrogen (secondary N) is 2. The van der Waals surface area contributed by atoms with E-state index in [0.717, 1.165) is 26.2 Å². The van der Waals surface area contributed by atoms with Crippen molar-refractivity contribution in [3.05, 3.63) is 120 Å². The van der Waals surface area contributed by atoms with E-state index >= 15 is 0 Å². The van der Waals surface area contributed by atoms with Crippen molar-refractivity contribution in [1.29, 1.82) is 0 Å². The number of carbonyl (C=O) groups excluding carboxylic acids is 2. The molecule has 39 heavy (non-hydrogen) atoms. The van der Waals surface area contributed by atoms with Crippen LogP contribution in [0.15, 0.2) is 97.2 Å². The van der Waals surface area contributed by atoms with Crippen molar-refractivity contribution >= 4 is 11.9 Å². The van der Waals surface area contributed by atoms with Gasteiger partial charge in [0.25, 0.3) is 5.91 Å². The first-order valence-corrected chi connectivity index (χ1v) is 12.5. The average Bonchev–Trinajstić information content (AvgIpc) is 2.95. The van der Waals surface area contributed by atoms with Crippen LogP contribution in [0.5, 0.6) is 5.75 Å². The number of pyridine rings is 1. The van der Waals surface area contributed by atoms with Gasteiger partial charge in [0.05, 0.1) is 19.1 Å². The number of nitrogens with zero attached hydrogens (tertiary/aromatic N) is 1. The second-order valence-corrected chi connectivity index (χ2v) is 8.59. The van der Waals surface area contributed by atoms with Crippen LogP contribution < -0.4 is 21.1 Å². The average molecular weight is 531 g/mol. The van der Waals surface area contributed by atoms with Gasteiger partial charge in [-0.25, -0.2) is 9.37 Å². The van der Waals surface area contributed by atoms with E-state index < -0.39 is 30.0 Å². The van der Waals surface area contributed by atoms with Crippen LogP contribution in [0, 0.1) is 5.82 Å². The second kappa shape index (κ2) is 15.6. The molecule has 202 valence electrons. The lowest BCUT2D eigenvalue weighted by Crippen LogP contribution is -2.84. The number of benzene rings is 3. The normalized spacial score (nSPS) is 10.3. The molecule has 0 bridgehead atoms. The van der Waals surface area contributed by atoms with Crippen molar-refractivity contribution in [3.63, 3.8) is 0 Å². The maximum absolute atomic E-state index is 13.1. The minimum absolute atomic E-state index is 0.323. The Balaban J connectivity index is 0.000000218. The highest BCUT2D eigenvalue weighted by molar-refractivity contribution is 5.96. The topological polar surface area (TPSA) is 131 Å². The summed E-state index contributed by atoms with van der Waals surface area (Å²) in [6.45, 7) is 3.49. The number of hydrogen-bond donors (Lipinski definition) is 4. The first-order chi connectivity index (χ1) is 18.9. The van der Waals surface area contributed by atoms with E-state index in [1.54, 1.807) is 6.07 Å². The molecule has 0 spiro atoms. The summed E-state index contributed by atoms with van der Waals surface area (Å²) in [5.41, 5.74) is 3.32. The van der Waals surface area contributed by atoms with Gasteiger partial charge in [-0.2, -0.15) is 0 Å². The summed E-state index contributed by atoms with van der Waals surface area (Å²) in [6.07, 6.45) is 1.28. The van der Waals surface area contributed by atoms with Crippen molar-refractivity contribution < 1.29 is 29.5 Å². The largest absolute Gasteiger partial charge is 0.548 e. The first kappa shape index (κ1) is 29.0. The van der Waals surface area contributed by atoms with Gasteiger partial charge in [0.2, 0.25) is 0 Å². The molecule has 0 saturated carbocycles. The van der Waals surface area contributed by atoms with Gasteiger partial charge in [0.15, 0.2) is 5.69 Å². The Hall–Kier alpha value is -4.60. The van der Waals surface area contributed by atoms with Crippen molar-refractivity contribution in [2.75, 3.05) is 19.6 Å². The number of rotatable bonds is 11. The molecule has 0 radical (unpaired) electrons. The lowest BCUT2D eigenvalue weighted by Gasteiger charge is -2.08. The van der Waals surface area contributed by atoms with Crippen molar-refractivity contribution in [1.82, 2.24) is 15.6 Å². The molecule has 5 N–H and O–H groups in total. The van der Waals surface area contributed by atoms with Crippen LogP contribution in [0.1, 0.15) is 21.6 Å². The SMILES string of the molecule is O=C([O-])CNC(=O)c1ncc(-c2cccc(F)c2)cc1O.c1ccc(CNCC[NH2+]Cc2ccccc2)cc1. The number of aliphatic carboxylic acids is 1. The van der Waals surface area contributed by atoms with Gasteiger partial charge in [0, 0.05) is 30.4 Å². The van der Waals surface area contributed by atoms with Gasteiger partial charge >= 0.3 is 0 Å². The highest BCUT2D eigenvalue weighted by Crippen LogP contribution is 2.25. The zero-order valence-electron chi connectivity index (χ0n) is 21.3. The quantitative estimate of drug-likeness (QED) is 0.218. The minimum Gasteiger partial charge on any atom is -0.548 e. The predicted molar refractivity (Wildman–Crippen MR) is 144 cm³/mol. The summed E-state index contributed by atoms with van der Waals surface area (Å²) in [6, 6.07) is 28.0. The maximum Gasteiger partial charge on any atom is 0.274 e. The number of carboxylic acid groups (broad SMARTS) is 1. The van der Waals surface area contributed by atoms with Crippen molar-refractivity contribution in [2.45, 2.75) is 13.1 Å². The number of aromatic nitrogens is 1. The molecule has 1 amide bonds. The fourth-order valence-electron chi connectivity index (χ4n) is 3.61. The molecule has 0 aliphatic rings. The van der Waals surface area contributed by atoms with Crippen LogP contribution >= 0.6 is 0 Å². The molecule has 0 unspecified atom stereocenters. The first-order valence-electron chi connectivity index (χ1n) is 12.5. The molecule has 0 aliphatic carbocycles. The molecule has 4 aromatic rings. The Kier molecular flexibility index (Phi) is 11.6. The van der Waals surface area contributed by atoms with E-state index in [1.165, 1.54) is 41.6 Å². The Morgan fingerprint density at radius 3 is 2.23 bits per heavy atom. The van der Waals surface area contributed by atoms with Gasteiger partial charge in [-0.15, -0.1) is 0 Å². The standard InChI is InChI=1S/C16H20N2.C14H11FN2O4/c1-3-7-15(8-4-1)13-17-11-12-18-14-16-9-5-2-6-10-16;15-10-3-1-2-8(4-10)9-5-11(18)13(16-6-9)14(21)17-7-12(19)20/h1-10,17-18H,11-14H2;1-6,18H,7H2,(H,17,21)(H,19,20). The fraction of sp³-hybridized carbons (Fsp3) is 0.167. The van der Waals surface area contributed by atoms with Crippen LogP contribution in [0.3, 0.4) is 0 Å². The molecule has 0 aliphatic heterocycles. The number of hydrogen-bond acceptors (Lipinski definition) is 6. The van der Waals surface area contributed by atoms with E-state index in [2.05, 4.69) is 76.3 Å². The Morgan fingerprint density at radius 1 is 0.897 bits per heavy atom. The molecule has 8 nitrogen and oxygen atoms in total. The molecular weight excluding hydrogens is 499 g/mol. The van der Waals surface area contributed by atoms with Crippen molar-refractivity contribution in [2.24, 2.45) is 0 Å². The van der Waals surface area contributed by atoms with E-state index in [9.17, 15) is 24.2 Å². The molecule has 3 aromatic carbocycles. The monoisotopic (exact) mass is 530 g/mol. The van der Waals surface area contributed by atoms with Crippen LogP contribution in [0.4, 0.5) is 4.39 Å². The van der Waals surface area contributed by atoms with Gasteiger partial charge in [0.1, 0.15) is 18.1 Å². The van der Waals surface area contributed by atoms with Gasteiger partial charge in [-0.05, 0) is 29.3 Å². The molecule has 0 fully saturated rings. The molecule has 1 heterocycles. The third-order valence-corrected chi connectivity index (χ3v) is 5.55. The highest BCUT2D eigenvalue weighted by Gasteiger charge is 2.14. The summed E-state index contributed by atoms with van der Waals surface area (Å²) in [7, 11) is 0. The number of amides is 1. The number of aromatic hydroxyl groups is 1. The predicted octanol–water partition coefficient (Wildman–Crippen LogP) is 1.61. The molecule has 0 saturated heterocycles. The van der Waals surface area contributed by atoms with E-state index in [0.29, 0.717) is 11.1 Å². The Bertz CT molecular complexity index is 1290. The van der Waals surface area contributed by atoms with E-state index in [4.69, 9.17) is 0 Å². The molecule has 1 aromatic heterocycles. The summed E-state index contributed by atoms with van der Waals surface area (Å²) in [5.74, 6) is -3.18. The van der Waals surface area contributed by atoms with E-state index in [1.807, 2.05) is 5.32 Å². The Morgan fingerprint density at radius 2 is 1.59 bits per heavy atom. The number of carbonyl (C=O) groups is 2. The third kappa shape index (κ3) is 10.4. The number of carboxylic acids is 1. The molecule has 0 atom stereocenters. The highest BCUT2D eigenvalue weighted by atomic mass is 19.1. The molecule has 9 heteroatoms. The smallest absolute Gasteiger partial charge is 0.274 e. The third-order valence-electron chi connectivity index (χ3n) is 5.55. The van der Waals surface area contributed by atoms with Crippen LogP contribution in [0.25, 0.3) is 11.1 Å². The zero-order valence-corrected chi connectivity index (χ0v) is 21.3. The number of nitrogens with two attached hydrogens (primary N) is 1. The van der Waals surface area contributed by atoms with Crippen LogP contribution in [0.2, 0.25) is 0 Å².